The molecule has 0 aliphatic carbocycles. The zero-order chi connectivity index (χ0) is 21.7. The van der Waals surface area contributed by atoms with Crippen molar-refractivity contribution in [3.63, 3.8) is 0 Å². The van der Waals surface area contributed by atoms with Crippen LogP contribution in [-0.2, 0) is 19.5 Å². The molecular weight excluding hydrogens is 478 g/mol. The van der Waals surface area contributed by atoms with Gasteiger partial charge in [0.25, 0.3) is 0 Å². The van der Waals surface area contributed by atoms with Crippen molar-refractivity contribution < 1.29 is 32.2 Å². The molecule has 1 heterocycles. The Morgan fingerprint density at radius 3 is 2.53 bits per heavy atom. The lowest BCUT2D eigenvalue weighted by molar-refractivity contribution is 0.0474. The molecule has 0 aromatic heterocycles. The van der Waals surface area contributed by atoms with Crippen molar-refractivity contribution in [2.45, 2.75) is 4.90 Å². The van der Waals surface area contributed by atoms with Crippen molar-refractivity contribution in [3.05, 3.63) is 58.1 Å². The smallest absolute Gasteiger partial charge is 0.338 e. The van der Waals surface area contributed by atoms with E-state index in [9.17, 15) is 18.0 Å². The van der Waals surface area contributed by atoms with Crippen molar-refractivity contribution in [1.82, 2.24) is 4.31 Å². The lowest BCUT2D eigenvalue weighted by Gasteiger charge is -2.26. The summed E-state index contributed by atoms with van der Waals surface area (Å²) in [5.41, 5.74) is 0.372. The summed E-state index contributed by atoms with van der Waals surface area (Å²) in [5, 5.41) is 0. The van der Waals surface area contributed by atoms with Gasteiger partial charge in [0, 0.05) is 23.1 Å². The van der Waals surface area contributed by atoms with Gasteiger partial charge in [0.15, 0.2) is 12.4 Å². The maximum absolute atomic E-state index is 12.9. The van der Waals surface area contributed by atoms with Crippen LogP contribution in [0.25, 0.3) is 0 Å². The topological polar surface area (TPSA) is 99.2 Å². The van der Waals surface area contributed by atoms with E-state index in [-0.39, 0.29) is 23.5 Å². The molecule has 0 atom stereocenters. The largest absolute Gasteiger partial charge is 0.497 e. The highest BCUT2D eigenvalue weighted by molar-refractivity contribution is 9.10. The van der Waals surface area contributed by atoms with Gasteiger partial charge in [-0.25, -0.2) is 13.2 Å². The Bertz CT molecular complexity index is 1050. The standard InChI is InChI=1S/C20H20BrNO7S/c1-27-16-4-2-3-14(11-16)18(23)13-29-20(24)15-5-6-17(21)19(12-15)30(25,26)22-7-9-28-10-8-22/h2-6,11-12H,7-10,13H2,1H3. The molecule has 10 heteroatoms. The van der Waals surface area contributed by atoms with Crippen LogP contribution in [0.4, 0.5) is 0 Å². The molecular formula is C20H20BrNO7S. The van der Waals surface area contributed by atoms with Crippen LogP contribution >= 0.6 is 15.9 Å². The zero-order valence-corrected chi connectivity index (χ0v) is 18.6. The molecule has 2 aromatic rings. The van der Waals surface area contributed by atoms with Crippen molar-refractivity contribution >= 4 is 37.7 Å². The van der Waals surface area contributed by atoms with Gasteiger partial charge in [-0.1, -0.05) is 12.1 Å². The molecule has 2 aromatic carbocycles. The number of morpholine rings is 1. The van der Waals surface area contributed by atoms with Gasteiger partial charge in [0.2, 0.25) is 10.0 Å². The molecule has 3 rings (SSSR count). The minimum atomic E-state index is -3.81. The molecule has 1 saturated heterocycles. The molecule has 1 fully saturated rings. The van der Waals surface area contributed by atoms with Gasteiger partial charge in [0.1, 0.15) is 5.75 Å². The highest BCUT2D eigenvalue weighted by Crippen LogP contribution is 2.27. The van der Waals surface area contributed by atoms with E-state index in [0.29, 0.717) is 29.0 Å². The lowest BCUT2D eigenvalue weighted by Crippen LogP contribution is -2.40. The Morgan fingerprint density at radius 2 is 1.83 bits per heavy atom. The second kappa shape index (κ2) is 9.69. The number of sulfonamides is 1. The number of rotatable bonds is 7. The van der Waals surface area contributed by atoms with E-state index in [4.69, 9.17) is 14.2 Å². The Kier molecular flexibility index (Phi) is 7.24. The van der Waals surface area contributed by atoms with E-state index in [2.05, 4.69) is 15.9 Å². The van der Waals surface area contributed by atoms with Gasteiger partial charge < -0.3 is 14.2 Å². The Hall–Kier alpha value is -2.27. The van der Waals surface area contributed by atoms with E-state index in [0.717, 1.165) is 0 Å². The first-order valence-electron chi connectivity index (χ1n) is 9.05. The summed E-state index contributed by atoms with van der Waals surface area (Å²) in [6.07, 6.45) is 0. The molecule has 1 aliphatic heterocycles. The Labute approximate surface area is 182 Å². The lowest BCUT2D eigenvalue weighted by atomic mass is 10.1. The molecule has 30 heavy (non-hydrogen) atoms. The minimum Gasteiger partial charge on any atom is -0.497 e. The van der Waals surface area contributed by atoms with Crippen molar-refractivity contribution in [3.8, 4) is 5.75 Å². The molecule has 8 nitrogen and oxygen atoms in total. The zero-order valence-electron chi connectivity index (χ0n) is 16.2. The van der Waals surface area contributed by atoms with Gasteiger partial charge in [-0.2, -0.15) is 4.31 Å². The molecule has 0 spiro atoms. The average molecular weight is 498 g/mol. The summed E-state index contributed by atoms with van der Waals surface area (Å²) in [5.74, 6) is -0.684. The van der Waals surface area contributed by atoms with Crippen LogP contribution in [0, 0.1) is 0 Å². The molecule has 1 aliphatic rings. The van der Waals surface area contributed by atoms with Gasteiger partial charge in [-0.15, -0.1) is 0 Å². The van der Waals surface area contributed by atoms with Crippen molar-refractivity contribution in [1.29, 1.82) is 0 Å². The van der Waals surface area contributed by atoms with E-state index in [1.807, 2.05) is 0 Å². The third kappa shape index (κ3) is 5.07. The van der Waals surface area contributed by atoms with Crippen LogP contribution in [0.2, 0.25) is 0 Å². The third-order valence-electron chi connectivity index (χ3n) is 4.48. The summed E-state index contributed by atoms with van der Waals surface area (Å²) in [6.45, 7) is 0.612. The summed E-state index contributed by atoms with van der Waals surface area (Å²) in [4.78, 5) is 24.7. The molecule has 0 unspecified atom stereocenters. The highest BCUT2D eigenvalue weighted by Gasteiger charge is 2.29. The number of ketones is 1. The number of Topliss-reactive ketones (excluding diaryl/α,β-unsaturated/α-hetero) is 1. The minimum absolute atomic E-state index is 0.0310. The number of hydrogen-bond acceptors (Lipinski definition) is 7. The van der Waals surface area contributed by atoms with Crippen LogP contribution in [0.5, 0.6) is 5.75 Å². The quantitative estimate of drug-likeness (QED) is 0.427. The molecule has 0 bridgehead atoms. The van der Waals surface area contributed by atoms with Crippen LogP contribution in [0.1, 0.15) is 20.7 Å². The number of halogens is 1. The van der Waals surface area contributed by atoms with Gasteiger partial charge in [-0.3, -0.25) is 4.79 Å². The van der Waals surface area contributed by atoms with Crippen LogP contribution in [0.15, 0.2) is 51.8 Å². The van der Waals surface area contributed by atoms with Crippen molar-refractivity contribution in [2.24, 2.45) is 0 Å². The molecule has 0 saturated carbocycles. The predicted octanol–water partition coefficient (Wildman–Crippen LogP) is 2.52. The first-order chi connectivity index (χ1) is 14.3. The second-order valence-electron chi connectivity index (χ2n) is 6.39. The monoisotopic (exact) mass is 497 g/mol. The normalized spacial score (nSPS) is 14.9. The second-order valence-corrected chi connectivity index (χ2v) is 9.15. The number of methoxy groups -OCH3 is 1. The van der Waals surface area contributed by atoms with Crippen LogP contribution in [0.3, 0.4) is 0 Å². The number of ether oxygens (including phenoxy) is 3. The number of hydrogen-bond donors (Lipinski definition) is 0. The summed E-state index contributed by atoms with van der Waals surface area (Å²) >= 11 is 3.23. The first kappa shape index (κ1) is 22.4. The maximum atomic E-state index is 12.9. The third-order valence-corrected chi connectivity index (χ3v) is 7.37. The SMILES string of the molecule is COc1cccc(C(=O)COC(=O)c2ccc(Br)c(S(=O)(=O)N3CCOCC3)c2)c1. The fourth-order valence-electron chi connectivity index (χ4n) is 2.85. The highest BCUT2D eigenvalue weighted by atomic mass is 79.9. The molecule has 0 N–H and O–H groups in total. The Morgan fingerprint density at radius 1 is 1.10 bits per heavy atom. The number of nitrogens with zero attached hydrogens (tertiary/aromatic N) is 1. The Balaban J connectivity index is 1.73. The summed E-state index contributed by atoms with van der Waals surface area (Å²) in [7, 11) is -2.33. The van der Waals surface area contributed by atoms with E-state index < -0.39 is 28.4 Å². The number of carbonyl (C=O) groups excluding carboxylic acids is 2. The molecule has 0 radical (unpaired) electrons. The predicted molar refractivity (Wildman–Crippen MR) is 111 cm³/mol. The van der Waals surface area contributed by atoms with Gasteiger partial charge in [-0.05, 0) is 46.3 Å². The first-order valence-corrected chi connectivity index (χ1v) is 11.3. The number of carbonyl (C=O) groups is 2. The van der Waals surface area contributed by atoms with E-state index in [1.54, 1.807) is 24.3 Å². The van der Waals surface area contributed by atoms with Gasteiger partial charge in [0.05, 0.1) is 30.8 Å². The summed E-state index contributed by atoms with van der Waals surface area (Å²) < 4.78 is 42.8. The maximum Gasteiger partial charge on any atom is 0.338 e. The molecule has 160 valence electrons. The summed E-state index contributed by atoms with van der Waals surface area (Å²) in [6, 6.07) is 10.6. The van der Waals surface area contributed by atoms with Crippen LogP contribution in [-0.4, -0.2) is 64.5 Å². The number of benzene rings is 2. The van der Waals surface area contributed by atoms with Gasteiger partial charge >= 0.3 is 5.97 Å². The average Bonchev–Trinajstić information content (AvgIpc) is 2.78. The fourth-order valence-corrected chi connectivity index (χ4v) is 5.21. The molecule has 0 amide bonds. The van der Waals surface area contributed by atoms with Crippen LogP contribution < -0.4 is 4.74 Å². The fraction of sp³-hybridized carbons (Fsp3) is 0.300. The van der Waals surface area contributed by atoms with E-state index >= 15 is 0 Å². The van der Waals surface area contributed by atoms with E-state index in [1.165, 1.54) is 29.6 Å². The van der Waals surface area contributed by atoms with Crippen molar-refractivity contribution in [2.75, 3.05) is 40.0 Å². The number of esters is 1.